The smallest absolute Gasteiger partial charge is 0.306 e. The number of carboxylic acid groups (broad SMARTS) is 1. The highest BCUT2D eigenvalue weighted by atomic mass is 19.1. The van der Waals surface area contributed by atoms with E-state index in [1.165, 1.54) is 18.1 Å². The first kappa shape index (κ1) is 24.2. The van der Waals surface area contributed by atoms with E-state index in [2.05, 4.69) is 10.3 Å². The first-order valence-electron chi connectivity index (χ1n) is 12.3. The van der Waals surface area contributed by atoms with Crippen molar-refractivity contribution in [1.82, 2.24) is 9.88 Å². The summed E-state index contributed by atoms with van der Waals surface area (Å²) in [4.78, 5) is 44.3. The average molecular weight is 496 g/mol. The van der Waals surface area contributed by atoms with E-state index >= 15 is 4.39 Å². The van der Waals surface area contributed by atoms with Crippen LogP contribution >= 0.6 is 0 Å². The van der Waals surface area contributed by atoms with Gasteiger partial charge >= 0.3 is 5.97 Å². The summed E-state index contributed by atoms with van der Waals surface area (Å²) in [6.45, 7) is 4.30. The number of methoxy groups -OCH3 is 1. The van der Waals surface area contributed by atoms with E-state index in [1.54, 1.807) is 12.1 Å². The number of amides is 2. The Bertz CT molecular complexity index is 1250. The van der Waals surface area contributed by atoms with Crippen molar-refractivity contribution in [3.63, 3.8) is 0 Å². The monoisotopic (exact) mass is 495 g/mol. The van der Waals surface area contributed by atoms with Crippen molar-refractivity contribution in [2.24, 2.45) is 11.8 Å². The number of halogens is 1. The zero-order valence-corrected chi connectivity index (χ0v) is 20.6. The molecule has 0 saturated heterocycles. The lowest BCUT2D eigenvalue weighted by Crippen LogP contribution is -2.50. The molecule has 0 radical (unpaired) electrons. The van der Waals surface area contributed by atoms with Gasteiger partial charge in [-0.15, -0.1) is 0 Å². The Labute approximate surface area is 208 Å². The second-order valence-corrected chi connectivity index (χ2v) is 10.6. The first-order valence-corrected chi connectivity index (χ1v) is 12.3. The lowest BCUT2D eigenvalue weighted by Gasteiger charge is -2.41. The van der Waals surface area contributed by atoms with E-state index in [4.69, 9.17) is 4.74 Å². The number of hydrogen-bond acceptors (Lipinski definition) is 5. The number of nitrogens with one attached hydrogen (secondary N) is 1. The van der Waals surface area contributed by atoms with Gasteiger partial charge in [0.15, 0.2) is 0 Å². The zero-order valence-electron chi connectivity index (χ0n) is 20.6. The predicted octanol–water partition coefficient (Wildman–Crippen LogP) is 3.63. The summed E-state index contributed by atoms with van der Waals surface area (Å²) in [6.07, 6.45) is 2.54. The number of rotatable bonds is 5. The van der Waals surface area contributed by atoms with Gasteiger partial charge in [0.25, 0.3) is 5.91 Å². The number of carboxylic acids is 1. The molecule has 190 valence electrons. The highest BCUT2D eigenvalue weighted by Crippen LogP contribution is 2.42. The van der Waals surface area contributed by atoms with E-state index in [-0.39, 0.29) is 36.5 Å². The Morgan fingerprint density at radius 2 is 1.92 bits per heavy atom. The largest absolute Gasteiger partial charge is 0.481 e. The number of fused-ring (bicyclic) bond motifs is 2. The van der Waals surface area contributed by atoms with Crippen molar-refractivity contribution in [2.45, 2.75) is 57.4 Å². The lowest BCUT2D eigenvalue weighted by atomic mass is 9.73. The van der Waals surface area contributed by atoms with Crippen LogP contribution in [0.5, 0.6) is 5.88 Å². The van der Waals surface area contributed by atoms with Crippen molar-refractivity contribution in [3.05, 3.63) is 52.5 Å². The molecule has 1 aromatic carbocycles. The number of carbonyl (C=O) groups is 3. The molecule has 1 unspecified atom stereocenters. The van der Waals surface area contributed by atoms with E-state index in [0.29, 0.717) is 34.8 Å². The summed E-state index contributed by atoms with van der Waals surface area (Å²) in [5.41, 5.74) is 2.92. The van der Waals surface area contributed by atoms with Gasteiger partial charge in [-0.05, 0) is 60.4 Å². The van der Waals surface area contributed by atoms with Crippen molar-refractivity contribution >= 4 is 23.5 Å². The molecule has 2 amide bonds. The molecule has 1 aliphatic heterocycles. The molecule has 0 spiro atoms. The molecule has 5 rings (SSSR count). The van der Waals surface area contributed by atoms with Crippen LogP contribution in [0, 0.1) is 17.7 Å². The number of aromatic nitrogens is 1. The molecule has 1 fully saturated rings. The van der Waals surface area contributed by atoms with Crippen LogP contribution in [0.3, 0.4) is 0 Å². The number of aryl methyl sites for hydroxylation is 1. The van der Waals surface area contributed by atoms with Crippen molar-refractivity contribution in [1.29, 1.82) is 0 Å². The Hall–Kier alpha value is -3.49. The fourth-order valence-corrected chi connectivity index (χ4v) is 5.83. The fraction of sp³-hybridized carbons (Fsp3) is 0.481. The molecule has 1 saturated carbocycles. The Kier molecular flexibility index (Phi) is 5.97. The number of pyridine rings is 1. The summed E-state index contributed by atoms with van der Waals surface area (Å²) in [5.74, 6) is -2.50. The maximum Gasteiger partial charge on any atom is 0.306 e. The highest BCUT2D eigenvalue weighted by Gasteiger charge is 2.45. The number of aliphatic carboxylic acids is 1. The van der Waals surface area contributed by atoms with Gasteiger partial charge in [0.05, 0.1) is 18.7 Å². The maximum absolute atomic E-state index is 15.0. The molecule has 2 heterocycles. The van der Waals surface area contributed by atoms with E-state index in [9.17, 15) is 19.5 Å². The quantitative estimate of drug-likeness (QED) is 0.656. The maximum atomic E-state index is 15.0. The summed E-state index contributed by atoms with van der Waals surface area (Å²) < 4.78 is 20.3. The Morgan fingerprint density at radius 3 is 2.61 bits per heavy atom. The molecular formula is C27H30FN3O5. The van der Waals surface area contributed by atoms with E-state index < -0.39 is 29.8 Å². The zero-order chi connectivity index (χ0) is 25.8. The summed E-state index contributed by atoms with van der Waals surface area (Å²) in [7, 11) is 1.51. The van der Waals surface area contributed by atoms with Crippen LogP contribution < -0.4 is 10.1 Å². The predicted molar refractivity (Wildman–Crippen MR) is 129 cm³/mol. The number of nitrogens with zero attached hydrogens (tertiary/aromatic N) is 2. The molecule has 2 aromatic rings. The van der Waals surface area contributed by atoms with Crippen LogP contribution in [0.1, 0.15) is 61.5 Å². The standard InChI is InChI=1S/C27H30FN3O5/c1-27(2)8-6-14-12-17(13-19(28)22(14)27)29-24(32)23-18-4-5-21(36-3)30-20(18)7-9-31(23)25(33)15-10-16(11-15)26(34)35/h4-5,12-13,15-16,23H,6-11H2,1-3H3,(H,29,32)(H,34,35)/t15-,16+,23?. The summed E-state index contributed by atoms with van der Waals surface area (Å²) in [6, 6.07) is 5.58. The van der Waals surface area contributed by atoms with Crippen LogP contribution in [-0.2, 0) is 32.6 Å². The fourth-order valence-electron chi connectivity index (χ4n) is 5.83. The lowest BCUT2D eigenvalue weighted by molar-refractivity contribution is -0.154. The third kappa shape index (κ3) is 4.10. The minimum absolute atomic E-state index is 0.240. The van der Waals surface area contributed by atoms with Crippen LogP contribution in [0.15, 0.2) is 24.3 Å². The van der Waals surface area contributed by atoms with Gasteiger partial charge in [0.2, 0.25) is 11.8 Å². The minimum atomic E-state index is -0.962. The highest BCUT2D eigenvalue weighted by molar-refractivity contribution is 5.99. The Balaban J connectivity index is 1.45. The van der Waals surface area contributed by atoms with Crippen LogP contribution in [0.4, 0.5) is 10.1 Å². The van der Waals surface area contributed by atoms with Crippen molar-refractivity contribution in [2.75, 3.05) is 19.0 Å². The minimum Gasteiger partial charge on any atom is -0.481 e. The molecule has 9 heteroatoms. The van der Waals surface area contributed by atoms with E-state index in [1.807, 2.05) is 19.9 Å². The number of benzene rings is 1. The van der Waals surface area contributed by atoms with Crippen molar-refractivity contribution < 1.29 is 28.6 Å². The molecule has 1 atom stereocenters. The SMILES string of the molecule is COc1ccc2c(n1)CCN(C(=O)[C@H]1C[C@@H](C(=O)O)C1)C2C(=O)Nc1cc(F)c2c(c1)CCC2(C)C. The average Bonchev–Trinajstić information content (AvgIpc) is 3.11. The van der Waals surface area contributed by atoms with Gasteiger partial charge in [-0.3, -0.25) is 14.4 Å². The topological polar surface area (TPSA) is 109 Å². The van der Waals surface area contributed by atoms with Gasteiger partial charge in [0, 0.05) is 36.2 Å². The van der Waals surface area contributed by atoms with Crippen LogP contribution in [0.25, 0.3) is 0 Å². The normalized spacial score (nSPS) is 23.8. The van der Waals surface area contributed by atoms with Gasteiger partial charge in [0.1, 0.15) is 11.9 Å². The third-order valence-corrected chi connectivity index (χ3v) is 7.89. The number of ether oxygens (including phenoxy) is 1. The molecule has 2 N–H and O–H groups in total. The molecule has 0 bridgehead atoms. The third-order valence-electron chi connectivity index (χ3n) is 7.89. The number of anilines is 1. The molecule has 1 aromatic heterocycles. The molecule has 2 aliphatic carbocycles. The number of hydrogen-bond donors (Lipinski definition) is 2. The van der Waals surface area contributed by atoms with Gasteiger partial charge in [-0.2, -0.15) is 0 Å². The Morgan fingerprint density at radius 1 is 1.17 bits per heavy atom. The summed E-state index contributed by atoms with van der Waals surface area (Å²) >= 11 is 0. The van der Waals surface area contributed by atoms with Gasteiger partial charge in [-0.1, -0.05) is 13.8 Å². The second kappa shape index (κ2) is 8.87. The summed E-state index contributed by atoms with van der Waals surface area (Å²) in [5, 5.41) is 12.0. The molecule has 8 nitrogen and oxygen atoms in total. The van der Waals surface area contributed by atoms with E-state index in [0.717, 1.165) is 18.4 Å². The number of carbonyl (C=O) groups excluding carboxylic acids is 2. The van der Waals surface area contributed by atoms with Crippen LogP contribution in [-0.4, -0.2) is 46.4 Å². The second-order valence-electron chi connectivity index (χ2n) is 10.6. The van der Waals surface area contributed by atoms with Crippen molar-refractivity contribution in [3.8, 4) is 5.88 Å². The molecule has 36 heavy (non-hydrogen) atoms. The van der Waals surface area contributed by atoms with Crippen LogP contribution in [0.2, 0.25) is 0 Å². The molecule has 3 aliphatic rings. The van der Waals surface area contributed by atoms with Gasteiger partial charge < -0.3 is 20.1 Å². The first-order chi connectivity index (χ1) is 17.1. The molecular weight excluding hydrogens is 465 g/mol. The van der Waals surface area contributed by atoms with Gasteiger partial charge in [-0.25, -0.2) is 9.37 Å².